The molecule has 3 N–H and O–H groups in total. The lowest BCUT2D eigenvalue weighted by Gasteiger charge is -2.36. The highest BCUT2D eigenvalue weighted by Crippen LogP contribution is 2.34. The molecule has 35 heavy (non-hydrogen) atoms. The quantitative estimate of drug-likeness (QED) is 0.314. The number of benzene rings is 3. The Morgan fingerprint density at radius 2 is 1.80 bits per heavy atom. The summed E-state index contributed by atoms with van der Waals surface area (Å²) >= 11 is 0. The van der Waals surface area contributed by atoms with E-state index in [-0.39, 0.29) is 23.1 Å². The predicted molar refractivity (Wildman–Crippen MR) is 136 cm³/mol. The smallest absolute Gasteiger partial charge is 0.277 e. The van der Waals surface area contributed by atoms with Gasteiger partial charge in [0.2, 0.25) is 0 Å². The molecule has 9 nitrogen and oxygen atoms in total. The minimum atomic E-state index is -0.352. The minimum absolute atomic E-state index is 0.0252. The number of nitrogens with two attached hydrogens (primary N) is 1. The summed E-state index contributed by atoms with van der Waals surface area (Å²) in [7, 11) is 0. The molecule has 5 rings (SSSR count). The first-order valence-corrected chi connectivity index (χ1v) is 11.7. The lowest BCUT2D eigenvalue weighted by Crippen LogP contribution is -2.50. The summed E-state index contributed by atoms with van der Waals surface area (Å²) in [5.74, 6) is 0.592. The zero-order chi connectivity index (χ0) is 24.4. The zero-order valence-corrected chi connectivity index (χ0v) is 19.3. The topological polar surface area (TPSA) is 118 Å². The second-order valence-electron chi connectivity index (χ2n) is 8.62. The van der Waals surface area contributed by atoms with Crippen LogP contribution in [0.5, 0.6) is 5.75 Å². The van der Waals surface area contributed by atoms with Gasteiger partial charge in [0.25, 0.3) is 11.6 Å². The summed E-state index contributed by atoms with van der Waals surface area (Å²) in [6, 6.07) is 16.5. The fraction of sp³-hybridized carbons (Fsp3) is 0.269. The standard InChI is InChI=1S/C26H27N5O4/c27-10-9-18-16-28-23-6-5-19(15-22(18)23)35-17-26(32)30-13-11-29(12-14-30)24-7-8-25(31(33)34)21-4-2-1-3-20(21)24/h1-8,15-16,28H,9-14,17,27H2. The number of ether oxygens (including phenoxy) is 1. The van der Waals surface area contributed by atoms with E-state index in [9.17, 15) is 14.9 Å². The molecule has 1 aromatic heterocycles. The molecule has 1 saturated heterocycles. The first-order valence-electron chi connectivity index (χ1n) is 11.7. The number of H-pyrrole nitrogens is 1. The molecule has 0 radical (unpaired) electrons. The van der Waals surface area contributed by atoms with Gasteiger partial charge in [-0.1, -0.05) is 18.2 Å². The van der Waals surface area contributed by atoms with Crippen LogP contribution in [0.2, 0.25) is 0 Å². The Hall–Kier alpha value is -4.11. The van der Waals surface area contributed by atoms with Crippen molar-refractivity contribution in [2.75, 3.05) is 44.2 Å². The molecule has 1 amide bonds. The fourth-order valence-corrected chi connectivity index (χ4v) is 4.74. The van der Waals surface area contributed by atoms with Crippen molar-refractivity contribution in [1.29, 1.82) is 0 Å². The van der Waals surface area contributed by atoms with Gasteiger partial charge in [-0.15, -0.1) is 0 Å². The summed E-state index contributed by atoms with van der Waals surface area (Å²) in [5, 5.41) is 13.9. The number of piperazine rings is 1. The monoisotopic (exact) mass is 473 g/mol. The van der Waals surface area contributed by atoms with Crippen molar-refractivity contribution in [1.82, 2.24) is 9.88 Å². The molecule has 0 saturated carbocycles. The molecule has 3 aromatic carbocycles. The van der Waals surface area contributed by atoms with Crippen LogP contribution in [0, 0.1) is 10.1 Å². The highest BCUT2D eigenvalue weighted by atomic mass is 16.6. The molecule has 0 aliphatic carbocycles. The maximum absolute atomic E-state index is 12.8. The number of aromatic amines is 1. The van der Waals surface area contributed by atoms with Gasteiger partial charge < -0.3 is 25.3 Å². The van der Waals surface area contributed by atoms with Gasteiger partial charge in [0, 0.05) is 60.4 Å². The Bertz CT molecular complexity index is 1390. The SMILES string of the molecule is NCCc1c[nH]c2ccc(OCC(=O)N3CCN(c4ccc([N+](=O)[O-])c5ccccc45)CC3)cc12. The first-order chi connectivity index (χ1) is 17.0. The molecular formula is C26H27N5O4. The molecule has 0 atom stereocenters. The molecule has 0 spiro atoms. The predicted octanol–water partition coefficient (Wildman–Crippen LogP) is 3.46. The average molecular weight is 474 g/mol. The van der Waals surface area contributed by atoms with E-state index in [2.05, 4.69) is 9.88 Å². The van der Waals surface area contributed by atoms with E-state index in [0.717, 1.165) is 34.0 Å². The maximum atomic E-state index is 12.8. The molecule has 0 unspecified atom stereocenters. The van der Waals surface area contributed by atoms with E-state index in [1.165, 1.54) is 0 Å². The van der Waals surface area contributed by atoms with Gasteiger partial charge in [-0.2, -0.15) is 0 Å². The van der Waals surface area contributed by atoms with Gasteiger partial charge in [-0.25, -0.2) is 0 Å². The Labute approximate surface area is 202 Å². The van der Waals surface area contributed by atoms with Crippen molar-refractivity contribution in [3.05, 3.63) is 76.5 Å². The van der Waals surface area contributed by atoms with Crippen molar-refractivity contribution in [3.8, 4) is 5.75 Å². The largest absolute Gasteiger partial charge is 0.484 e. The number of carbonyl (C=O) groups excluding carboxylic acids is 1. The van der Waals surface area contributed by atoms with Crippen LogP contribution in [0.25, 0.3) is 21.7 Å². The van der Waals surface area contributed by atoms with Crippen LogP contribution in [0.15, 0.2) is 60.8 Å². The molecule has 180 valence electrons. The highest BCUT2D eigenvalue weighted by Gasteiger charge is 2.24. The van der Waals surface area contributed by atoms with E-state index in [0.29, 0.717) is 43.9 Å². The summed E-state index contributed by atoms with van der Waals surface area (Å²) in [6.07, 6.45) is 2.73. The van der Waals surface area contributed by atoms with Gasteiger partial charge >= 0.3 is 0 Å². The van der Waals surface area contributed by atoms with Gasteiger partial charge in [0.15, 0.2) is 6.61 Å². The average Bonchev–Trinajstić information content (AvgIpc) is 3.29. The third-order valence-electron chi connectivity index (χ3n) is 6.56. The number of non-ortho nitro benzene ring substituents is 1. The second-order valence-corrected chi connectivity index (χ2v) is 8.62. The Kier molecular flexibility index (Phi) is 6.24. The lowest BCUT2D eigenvalue weighted by molar-refractivity contribution is -0.383. The van der Waals surface area contributed by atoms with Crippen molar-refractivity contribution < 1.29 is 14.5 Å². The first kappa shape index (κ1) is 22.7. The van der Waals surface area contributed by atoms with Crippen LogP contribution >= 0.6 is 0 Å². The lowest BCUT2D eigenvalue weighted by atomic mass is 10.1. The van der Waals surface area contributed by atoms with E-state index in [1.807, 2.05) is 42.6 Å². The molecule has 1 aliphatic rings. The van der Waals surface area contributed by atoms with Crippen molar-refractivity contribution in [2.45, 2.75) is 6.42 Å². The number of amides is 1. The van der Waals surface area contributed by atoms with Gasteiger partial charge in [-0.05, 0) is 48.9 Å². The number of hydrogen-bond donors (Lipinski definition) is 2. The number of aromatic nitrogens is 1. The van der Waals surface area contributed by atoms with Crippen LogP contribution in [-0.2, 0) is 11.2 Å². The van der Waals surface area contributed by atoms with Crippen molar-refractivity contribution >= 4 is 39.0 Å². The summed E-state index contributed by atoms with van der Waals surface area (Å²) < 4.78 is 5.82. The van der Waals surface area contributed by atoms with Gasteiger partial charge in [0.05, 0.1) is 10.3 Å². The highest BCUT2D eigenvalue weighted by molar-refractivity contribution is 6.00. The molecule has 9 heteroatoms. The number of nitro groups is 1. The third kappa shape index (κ3) is 4.50. The van der Waals surface area contributed by atoms with Crippen LogP contribution < -0.4 is 15.4 Å². The normalized spacial score (nSPS) is 14.0. The molecular weight excluding hydrogens is 446 g/mol. The zero-order valence-electron chi connectivity index (χ0n) is 19.3. The summed E-state index contributed by atoms with van der Waals surface area (Å²) in [4.78, 5) is 31.1. The van der Waals surface area contributed by atoms with E-state index < -0.39 is 0 Å². The number of fused-ring (bicyclic) bond motifs is 2. The number of carbonyl (C=O) groups is 1. The molecule has 4 aromatic rings. The fourth-order valence-electron chi connectivity index (χ4n) is 4.74. The maximum Gasteiger partial charge on any atom is 0.277 e. The van der Waals surface area contributed by atoms with Crippen LogP contribution in [0.4, 0.5) is 11.4 Å². The Morgan fingerprint density at radius 1 is 1.03 bits per heavy atom. The number of hydrogen-bond acceptors (Lipinski definition) is 6. The van der Waals surface area contributed by atoms with Crippen molar-refractivity contribution in [3.63, 3.8) is 0 Å². The van der Waals surface area contributed by atoms with E-state index >= 15 is 0 Å². The van der Waals surface area contributed by atoms with Crippen molar-refractivity contribution in [2.24, 2.45) is 5.73 Å². The second kappa shape index (κ2) is 9.63. The molecule has 1 aliphatic heterocycles. The van der Waals surface area contributed by atoms with Gasteiger partial charge in [-0.3, -0.25) is 14.9 Å². The molecule has 1 fully saturated rings. The van der Waals surface area contributed by atoms with Crippen LogP contribution in [0.1, 0.15) is 5.56 Å². The third-order valence-corrected chi connectivity index (χ3v) is 6.56. The van der Waals surface area contributed by atoms with E-state index in [4.69, 9.17) is 10.5 Å². The number of rotatable bonds is 7. The van der Waals surface area contributed by atoms with Crippen LogP contribution in [-0.4, -0.2) is 60.0 Å². The number of nitrogens with one attached hydrogen (secondary N) is 1. The number of nitrogens with zero attached hydrogens (tertiary/aromatic N) is 3. The molecule has 0 bridgehead atoms. The summed E-state index contributed by atoms with van der Waals surface area (Å²) in [6.45, 7) is 2.95. The van der Waals surface area contributed by atoms with Crippen LogP contribution in [0.3, 0.4) is 0 Å². The Morgan fingerprint density at radius 3 is 2.54 bits per heavy atom. The Balaban J connectivity index is 1.22. The summed E-state index contributed by atoms with van der Waals surface area (Å²) in [5.41, 5.74) is 8.89. The van der Waals surface area contributed by atoms with Gasteiger partial charge in [0.1, 0.15) is 5.75 Å². The number of anilines is 1. The minimum Gasteiger partial charge on any atom is -0.484 e. The number of nitro benzene ring substituents is 1. The molecule has 2 heterocycles. The van der Waals surface area contributed by atoms with E-state index in [1.54, 1.807) is 23.1 Å².